The van der Waals surface area contributed by atoms with E-state index in [-0.39, 0.29) is 12.6 Å². The largest absolute Gasteiger partial charge is 0.481 e. The summed E-state index contributed by atoms with van der Waals surface area (Å²) in [5.41, 5.74) is 1.01. The number of benzene rings is 1. The Morgan fingerprint density at radius 1 is 1.03 bits per heavy atom. The number of nitrogens with zero attached hydrogens (tertiary/aromatic N) is 3. The van der Waals surface area contributed by atoms with Gasteiger partial charge in [0.2, 0.25) is 0 Å². The molecule has 0 radical (unpaired) electrons. The third-order valence-electron chi connectivity index (χ3n) is 5.48. The summed E-state index contributed by atoms with van der Waals surface area (Å²) in [4.78, 5) is 1.70. The topological polar surface area (TPSA) is 99.1 Å². The lowest BCUT2D eigenvalue weighted by atomic mass is 10.1. The number of hydrazone groups is 1. The van der Waals surface area contributed by atoms with Crippen molar-refractivity contribution in [3.05, 3.63) is 29.8 Å². The minimum Gasteiger partial charge on any atom is -0.481 e. The van der Waals surface area contributed by atoms with Crippen molar-refractivity contribution < 1.29 is 32.0 Å². The SMILES string of the molecule is C=NN(C)[PH](=S)C(C)(CC)Oc1ccc(CCN(CP(=O)(OC)OC)CP(=O)(OC)OC)cc1. The van der Waals surface area contributed by atoms with Crippen LogP contribution in [0.4, 0.5) is 0 Å². The van der Waals surface area contributed by atoms with Gasteiger partial charge >= 0.3 is 15.2 Å². The van der Waals surface area contributed by atoms with Crippen molar-refractivity contribution >= 4 is 40.6 Å². The zero-order valence-corrected chi connectivity index (χ0v) is 24.7. The molecule has 0 fully saturated rings. The summed E-state index contributed by atoms with van der Waals surface area (Å²) in [6.45, 7) is 6.49. The molecule has 1 aromatic rings. The normalized spacial score (nSPS) is 15.1. The molecule has 34 heavy (non-hydrogen) atoms. The Kier molecular flexibility index (Phi) is 13.1. The van der Waals surface area contributed by atoms with Crippen LogP contribution in [0.5, 0.6) is 5.75 Å². The molecule has 0 aromatic heterocycles. The molecule has 0 aliphatic heterocycles. The number of ether oxygens (including phenoxy) is 1. The molecule has 10 nitrogen and oxygen atoms in total. The summed E-state index contributed by atoms with van der Waals surface area (Å²) < 4.78 is 53.5. The monoisotopic (exact) mass is 557 g/mol. The van der Waals surface area contributed by atoms with E-state index in [0.29, 0.717) is 18.7 Å². The zero-order chi connectivity index (χ0) is 26.0. The highest BCUT2D eigenvalue weighted by Gasteiger charge is 2.32. The highest BCUT2D eigenvalue weighted by Crippen LogP contribution is 2.51. The molecule has 196 valence electrons. The Bertz CT molecular complexity index is 862. The minimum absolute atomic E-state index is 0.0543. The molecular weight excluding hydrogens is 519 g/mol. The van der Waals surface area contributed by atoms with Gasteiger partial charge in [-0.1, -0.05) is 30.9 Å². The quantitative estimate of drug-likeness (QED) is 0.147. The fourth-order valence-electron chi connectivity index (χ4n) is 3.00. The van der Waals surface area contributed by atoms with Gasteiger partial charge in [-0.3, -0.25) is 18.8 Å². The van der Waals surface area contributed by atoms with E-state index in [9.17, 15) is 9.13 Å². The molecule has 0 saturated carbocycles. The standard InChI is InChI=1S/C20H38N3O7P3S/c1-9-20(2,31(34)22(4)21-3)30-19-12-10-18(11-13-19)14-15-23(16-32(24,26-5)27-6)17-33(25,28-7)29-8/h10-13,31H,3,9,14-17H2,1-2,4-8H3. The van der Waals surface area contributed by atoms with Crippen molar-refractivity contribution in [2.75, 3.05) is 54.6 Å². The molecule has 1 rings (SSSR count). The Labute approximate surface area is 209 Å². The van der Waals surface area contributed by atoms with Crippen LogP contribution >= 0.6 is 22.0 Å². The van der Waals surface area contributed by atoms with Crippen LogP contribution in [0, 0.1) is 0 Å². The molecule has 0 bridgehead atoms. The fourth-order valence-corrected chi connectivity index (χ4v) is 7.43. The molecule has 0 N–H and O–H groups in total. The summed E-state index contributed by atoms with van der Waals surface area (Å²) >= 11 is 5.69. The van der Waals surface area contributed by atoms with E-state index in [4.69, 9.17) is 34.6 Å². The van der Waals surface area contributed by atoms with Crippen LogP contribution in [-0.2, 0) is 45.5 Å². The Morgan fingerprint density at radius 3 is 1.88 bits per heavy atom. The van der Waals surface area contributed by atoms with Gasteiger partial charge in [-0.15, -0.1) is 0 Å². The molecule has 0 amide bonds. The summed E-state index contributed by atoms with van der Waals surface area (Å²) in [5.74, 6) is 0.710. The maximum atomic E-state index is 12.7. The lowest BCUT2D eigenvalue weighted by molar-refractivity contribution is 0.171. The van der Waals surface area contributed by atoms with Gasteiger partial charge in [0, 0.05) is 48.7 Å². The number of rotatable bonds is 17. The molecule has 0 spiro atoms. The first kappa shape index (κ1) is 31.4. The van der Waals surface area contributed by atoms with Crippen molar-refractivity contribution in [3.63, 3.8) is 0 Å². The highest BCUT2D eigenvalue weighted by atomic mass is 32.4. The third kappa shape index (κ3) is 9.12. The molecule has 2 atom stereocenters. The van der Waals surface area contributed by atoms with Crippen LogP contribution in [-0.4, -0.2) is 76.3 Å². The van der Waals surface area contributed by atoms with Gasteiger partial charge in [-0.05, 0) is 37.5 Å². The maximum absolute atomic E-state index is 12.7. The second-order valence-electron chi connectivity index (χ2n) is 7.68. The Morgan fingerprint density at radius 2 is 1.50 bits per heavy atom. The van der Waals surface area contributed by atoms with E-state index in [1.165, 1.54) is 28.4 Å². The van der Waals surface area contributed by atoms with E-state index in [2.05, 4.69) is 11.8 Å². The summed E-state index contributed by atoms with van der Waals surface area (Å²) in [7, 11) is 0.338. The molecular formula is C20H38N3O7P3S. The smallest absolute Gasteiger partial charge is 0.344 e. The predicted molar refractivity (Wildman–Crippen MR) is 142 cm³/mol. The average Bonchev–Trinajstić information content (AvgIpc) is 2.86. The van der Waals surface area contributed by atoms with Crippen molar-refractivity contribution in [2.45, 2.75) is 32.0 Å². The van der Waals surface area contributed by atoms with E-state index in [1.54, 1.807) is 9.68 Å². The molecule has 0 aliphatic carbocycles. The van der Waals surface area contributed by atoms with Gasteiger partial charge in [-0.2, -0.15) is 5.10 Å². The van der Waals surface area contributed by atoms with Gasteiger partial charge in [0.1, 0.15) is 23.7 Å². The van der Waals surface area contributed by atoms with Gasteiger partial charge in [-0.25, -0.2) is 0 Å². The van der Waals surface area contributed by atoms with Crippen LogP contribution in [0.3, 0.4) is 0 Å². The van der Waals surface area contributed by atoms with Crippen LogP contribution in [0.1, 0.15) is 25.8 Å². The third-order valence-corrected chi connectivity index (χ3v) is 13.4. The Balaban J connectivity index is 2.95. The van der Waals surface area contributed by atoms with Crippen LogP contribution in [0.25, 0.3) is 0 Å². The van der Waals surface area contributed by atoms with E-state index >= 15 is 0 Å². The van der Waals surface area contributed by atoms with Gasteiger partial charge in [0.25, 0.3) is 0 Å². The lowest BCUT2D eigenvalue weighted by Crippen LogP contribution is -2.30. The van der Waals surface area contributed by atoms with E-state index in [0.717, 1.165) is 12.0 Å². The number of hydrogen-bond acceptors (Lipinski definition) is 10. The fraction of sp³-hybridized carbons (Fsp3) is 0.650. The van der Waals surface area contributed by atoms with Crippen molar-refractivity contribution in [2.24, 2.45) is 5.10 Å². The van der Waals surface area contributed by atoms with Crippen LogP contribution in [0.2, 0.25) is 0 Å². The molecule has 1 aromatic carbocycles. The second-order valence-corrected chi connectivity index (χ2v) is 15.6. The summed E-state index contributed by atoms with van der Waals surface area (Å²) in [6, 6.07) is 7.69. The van der Waals surface area contributed by atoms with E-state index < -0.39 is 27.4 Å². The van der Waals surface area contributed by atoms with Crippen LogP contribution in [0.15, 0.2) is 29.4 Å². The molecule has 0 heterocycles. The summed E-state index contributed by atoms with van der Waals surface area (Å²) in [6.07, 6.45) is 1.22. The van der Waals surface area contributed by atoms with Crippen LogP contribution < -0.4 is 4.74 Å². The zero-order valence-electron chi connectivity index (χ0n) is 21.1. The first-order valence-electron chi connectivity index (χ1n) is 10.6. The predicted octanol–water partition coefficient (Wildman–Crippen LogP) is 5.06. The first-order valence-corrected chi connectivity index (χ1v) is 16.6. The lowest BCUT2D eigenvalue weighted by Gasteiger charge is -2.34. The highest BCUT2D eigenvalue weighted by molar-refractivity contribution is 8.04. The molecule has 0 saturated heterocycles. The second kappa shape index (κ2) is 14.2. The molecule has 2 unspecified atom stereocenters. The number of hydrogen-bond donors (Lipinski definition) is 0. The average molecular weight is 558 g/mol. The first-order chi connectivity index (χ1) is 15.9. The van der Waals surface area contributed by atoms with Crippen molar-refractivity contribution in [1.82, 2.24) is 9.68 Å². The summed E-state index contributed by atoms with van der Waals surface area (Å²) in [5, 5.41) is 3.41. The molecule has 0 aliphatic rings. The Hall–Kier alpha value is -0.600. The van der Waals surface area contributed by atoms with Gasteiger partial charge in [0.05, 0.1) is 6.85 Å². The van der Waals surface area contributed by atoms with Crippen molar-refractivity contribution in [3.8, 4) is 5.75 Å². The maximum Gasteiger partial charge on any atom is 0.344 e. The van der Waals surface area contributed by atoms with Gasteiger partial charge < -0.3 is 22.8 Å². The van der Waals surface area contributed by atoms with Gasteiger partial charge in [0.15, 0.2) is 0 Å². The van der Waals surface area contributed by atoms with E-state index in [1.807, 2.05) is 45.2 Å². The molecule has 14 heteroatoms. The van der Waals surface area contributed by atoms with Crippen molar-refractivity contribution in [1.29, 1.82) is 0 Å². The minimum atomic E-state index is -3.37.